The van der Waals surface area contributed by atoms with Crippen molar-refractivity contribution in [3.8, 4) is 0 Å². The molecule has 0 bridgehead atoms. The highest BCUT2D eigenvalue weighted by Crippen LogP contribution is 2.22. The molecule has 130 valence electrons. The topological polar surface area (TPSA) is 36.3 Å². The minimum Gasteiger partial charge on any atom is -0.300 e. The highest BCUT2D eigenvalue weighted by Gasteiger charge is 2.10. The van der Waals surface area contributed by atoms with Crippen LogP contribution in [0.5, 0.6) is 0 Å². The summed E-state index contributed by atoms with van der Waals surface area (Å²) in [4.78, 5) is 2.40. The minimum atomic E-state index is -0.162. The Morgan fingerprint density at radius 2 is 2.00 bits per heavy atom. The molecular formula is C19H21FN4S. The van der Waals surface area contributed by atoms with Crippen LogP contribution < -0.4 is 0 Å². The zero-order chi connectivity index (χ0) is 17.6. The van der Waals surface area contributed by atoms with Gasteiger partial charge in [-0.3, -0.25) is 14.4 Å². The first-order chi connectivity index (χ1) is 12.2. The standard InChI is InChI=1S/C13H16FN.C6H5N3S/c1-2-15-9-7-12(8-10-15)11-3-5-13(14)6-4-11;10-6-8-7-5-3-1-2-4-9(5)6/h3-7H,2,8-10H2,1H3;1-4H,(H,8,10). The van der Waals surface area contributed by atoms with Gasteiger partial charge in [-0.05, 0) is 60.6 Å². The molecule has 3 aromatic rings. The van der Waals surface area contributed by atoms with Crippen LogP contribution in [0.4, 0.5) is 4.39 Å². The molecule has 1 N–H and O–H groups in total. The molecule has 1 aromatic carbocycles. The van der Waals surface area contributed by atoms with Crippen molar-refractivity contribution in [1.29, 1.82) is 0 Å². The third-order valence-electron chi connectivity index (χ3n) is 4.28. The van der Waals surface area contributed by atoms with Crippen molar-refractivity contribution in [2.45, 2.75) is 13.3 Å². The number of fused-ring (bicyclic) bond motifs is 1. The van der Waals surface area contributed by atoms with Gasteiger partial charge in [0.15, 0.2) is 10.4 Å². The summed E-state index contributed by atoms with van der Waals surface area (Å²) < 4.78 is 15.2. The van der Waals surface area contributed by atoms with Crippen LogP contribution in [-0.2, 0) is 0 Å². The van der Waals surface area contributed by atoms with E-state index in [0.717, 1.165) is 37.3 Å². The number of nitrogens with zero attached hydrogens (tertiary/aromatic N) is 3. The van der Waals surface area contributed by atoms with Crippen molar-refractivity contribution in [1.82, 2.24) is 19.5 Å². The number of likely N-dealkylation sites (N-methyl/N-ethyl adjacent to an activating group) is 1. The van der Waals surface area contributed by atoms with Gasteiger partial charge in [0.05, 0.1) is 0 Å². The lowest BCUT2D eigenvalue weighted by Crippen LogP contribution is -2.27. The Labute approximate surface area is 151 Å². The van der Waals surface area contributed by atoms with Gasteiger partial charge in [0.1, 0.15) is 5.82 Å². The van der Waals surface area contributed by atoms with Crippen molar-refractivity contribution >= 4 is 23.4 Å². The number of rotatable bonds is 2. The molecule has 0 unspecified atom stereocenters. The predicted molar refractivity (Wildman–Crippen MR) is 101 cm³/mol. The van der Waals surface area contributed by atoms with Gasteiger partial charge in [-0.25, -0.2) is 4.39 Å². The molecule has 0 spiro atoms. The van der Waals surface area contributed by atoms with Gasteiger partial charge in [0.25, 0.3) is 0 Å². The molecule has 1 aliphatic rings. The van der Waals surface area contributed by atoms with E-state index in [1.54, 1.807) is 0 Å². The number of pyridine rings is 1. The van der Waals surface area contributed by atoms with Crippen molar-refractivity contribution in [2.24, 2.45) is 0 Å². The second-order valence-electron chi connectivity index (χ2n) is 5.84. The summed E-state index contributed by atoms with van der Waals surface area (Å²) in [6.07, 6.45) is 5.20. The Kier molecular flexibility index (Phi) is 5.73. The lowest BCUT2D eigenvalue weighted by Gasteiger charge is -2.24. The third-order valence-corrected chi connectivity index (χ3v) is 4.57. The average molecular weight is 356 g/mol. The van der Waals surface area contributed by atoms with Gasteiger partial charge in [0.2, 0.25) is 0 Å². The first-order valence-electron chi connectivity index (χ1n) is 8.36. The second-order valence-corrected chi connectivity index (χ2v) is 6.22. The first-order valence-corrected chi connectivity index (χ1v) is 8.77. The molecular weight excluding hydrogens is 335 g/mol. The number of hydrogen-bond acceptors (Lipinski definition) is 3. The van der Waals surface area contributed by atoms with E-state index >= 15 is 0 Å². The van der Waals surface area contributed by atoms with Gasteiger partial charge >= 0.3 is 0 Å². The first kappa shape index (κ1) is 17.5. The van der Waals surface area contributed by atoms with Crippen molar-refractivity contribution in [3.63, 3.8) is 0 Å². The van der Waals surface area contributed by atoms with Crippen molar-refractivity contribution in [3.05, 3.63) is 70.9 Å². The van der Waals surface area contributed by atoms with Crippen LogP contribution in [0, 0.1) is 10.6 Å². The quantitative estimate of drug-likeness (QED) is 0.695. The Bertz CT molecular complexity index is 911. The van der Waals surface area contributed by atoms with E-state index in [-0.39, 0.29) is 5.82 Å². The molecule has 4 nitrogen and oxygen atoms in total. The highest BCUT2D eigenvalue weighted by molar-refractivity contribution is 7.71. The molecule has 6 heteroatoms. The van der Waals surface area contributed by atoms with Gasteiger partial charge in [-0.15, -0.1) is 0 Å². The molecule has 25 heavy (non-hydrogen) atoms. The molecule has 0 aliphatic carbocycles. The fourth-order valence-electron chi connectivity index (χ4n) is 2.78. The van der Waals surface area contributed by atoms with E-state index in [2.05, 4.69) is 28.1 Å². The van der Waals surface area contributed by atoms with E-state index in [1.807, 2.05) is 40.9 Å². The summed E-state index contributed by atoms with van der Waals surface area (Å²) in [6.45, 7) is 5.41. The van der Waals surface area contributed by atoms with Crippen LogP contribution in [0.2, 0.25) is 0 Å². The average Bonchev–Trinajstić information content (AvgIpc) is 3.05. The summed E-state index contributed by atoms with van der Waals surface area (Å²) in [5.74, 6) is -0.162. The number of halogens is 1. The smallest absolute Gasteiger partial charge is 0.199 e. The zero-order valence-corrected chi connectivity index (χ0v) is 15.0. The van der Waals surface area contributed by atoms with Crippen LogP contribution in [0.25, 0.3) is 11.2 Å². The predicted octanol–water partition coefficient (Wildman–Crippen LogP) is 4.33. The molecule has 3 heterocycles. The molecule has 4 rings (SSSR count). The SMILES string of the molecule is CCN1CC=C(c2ccc(F)cc2)CC1.S=c1[nH]nc2ccccn12. The summed E-state index contributed by atoms with van der Waals surface area (Å²) in [5.41, 5.74) is 3.36. The van der Waals surface area contributed by atoms with Gasteiger partial charge in [-0.2, -0.15) is 5.10 Å². The Morgan fingerprint density at radius 3 is 2.64 bits per heavy atom. The molecule has 0 fully saturated rings. The monoisotopic (exact) mass is 356 g/mol. The lowest BCUT2D eigenvalue weighted by atomic mass is 9.99. The van der Waals surface area contributed by atoms with E-state index in [0.29, 0.717) is 4.77 Å². The summed E-state index contributed by atoms with van der Waals surface area (Å²) in [6, 6.07) is 12.5. The van der Waals surface area contributed by atoms with E-state index < -0.39 is 0 Å². The number of aromatic amines is 1. The summed E-state index contributed by atoms with van der Waals surface area (Å²) in [5, 5.41) is 6.66. The lowest BCUT2D eigenvalue weighted by molar-refractivity contribution is 0.319. The molecule has 0 amide bonds. The number of hydrogen-bond donors (Lipinski definition) is 1. The van der Waals surface area contributed by atoms with Crippen molar-refractivity contribution in [2.75, 3.05) is 19.6 Å². The van der Waals surface area contributed by atoms with Crippen LogP contribution in [-0.4, -0.2) is 39.1 Å². The second kappa shape index (κ2) is 8.18. The third kappa shape index (κ3) is 4.41. The largest absolute Gasteiger partial charge is 0.300 e. The maximum Gasteiger partial charge on any atom is 0.199 e. The van der Waals surface area contributed by atoms with E-state index in [1.165, 1.54) is 17.7 Å². The number of H-pyrrole nitrogens is 1. The number of benzene rings is 1. The van der Waals surface area contributed by atoms with Gasteiger partial charge < -0.3 is 0 Å². The van der Waals surface area contributed by atoms with E-state index in [4.69, 9.17) is 12.2 Å². The fraction of sp³-hybridized carbons (Fsp3) is 0.263. The maximum atomic E-state index is 12.7. The summed E-state index contributed by atoms with van der Waals surface area (Å²) >= 11 is 4.93. The van der Waals surface area contributed by atoms with Crippen LogP contribution in [0.3, 0.4) is 0 Å². The number of nitrogens with one attached hydrogen (secondary N) is 1. The fourth-order valence-corrected chi connectivity index (χ4v) is 2.98. The minimum absolute atomic E-state index is 0.162. The molecule has 0 atom stereocenters. The molecule has 1 aliphatic heterocycles. The Morgan fingerprint density at radius 1 is 1.20 bits per heavy atom. The number of aromatic nitrogens is 3. The summed E-state index contributed by atoms with van der Waals surface area (Å²) in [7, 11) is 0. The van der Waals surface area contributed by atoms with Crippen molar-refractivity contribution < 1.29 is 4.39 Å². The van der Waals surface area contributed by atoms with E-state index in [9.17, 15) is 4.39 Å². The Hall–Kier alpha value is -2.31. The molecule has 0 saturated heterocycles. The van der Waals surface area contributed by atoms with Gasteiger partial charge in [0, 0.05) is 19.3 Å². The maximum absolute atomic E-state index is 12.7. The molecule has 2 aromatic heterocycles. The van der Waals surface area contributed by atoms with Crippen LogP contribution in [0.15, 0.2) is 54.7 Å². The normalized spacial score (nSPS) is 14.7. The van der Waals surface area contributed by atoms with Crippen LogP contribution >= 0.6 is 12.2 Å². The molecule has 0 saturated carbocycles. The van der Waals surface area contributed by atoms with Gasteiger partial charge in [-0.1, -0.05) is 31.2 Å². The van der Waals surface area contributed by atoms with Crippen LogP contribution in [0.1, 0.15) is 18.9 Å². The zero-order valence-electron chi connectivity index (χ0n) is 14.2. The molecule has 0 radical (unpaired) electrons. The Balaban J connectivity index is 0.000000157. The highest BCUT2D eigenvalue weighted by atomic mass is 32.1.